The molecule has 0 heterocycles. The largest absolute Gasteiger partial charge is 0.341 e. The highest BCUT2D eigenvalue weighted by Crippen LogP contribution is 2.12. The molecule has 0 unspecified atom stereocenters. The Bertz CT molecular complexity index is 697. The van der Waals surface area contributed by atoms with Crippen LogP contribution in [-0.2, 0) is 12.8 Å². The fourth-order valence-corrected chi connectivity index (χ4v) is 3.04. The van der Waals surface area contributed by atoms with Crippen LogP contribution in [0.3, 0.4) is 0 Å². The SMILES string of the molecule is CCCCN(CCc1ccc(C)cc1)CCc1cccc(NC(=O)NC)c1. The molecular formula is C23H33N3O. The molecule has 0 aliphatic heterocycles. The molecular weight excluding hydrogens is 334 g/mol. The lowest BCUT2D eigenvalue weighted by Gasteiger charge is -2.22. The molecule has 0 aromatic heterocycles. The number of urea groups is 1. The van der Waals surface area contributed by atoms with Gasteiger partial charge in [0.25, 0.3) is 0 Å². The maximum Gasteiger partial charge on any atom is 0.318 e. The summed E-state index contributed by atoms with van der Waals surface area (Å²) in [6.07, 6.45) is 4.52. The second kappa shape index (κ2) is 11.4. The Labute approximate surface area is 164 Å². The van der Waals surface area contributed by atoms with Gasteiger partial charge in [-0.2, -0.15) is 0 Å². The Kier molecular flexibility index (Phi) is 8.85. The number of carbonyl (C=O) groups excluding carboxylic acids is 1. The van der Waals surface area contributed by atoms with Crippen molar-refractivity contribution in [1.82, 2.24) is 10.2 Å². The predicted molar refractivity (Wildman–Crippen MR) is 114 cm³/mol. The van der Waals surface area contributed by atoms with Crippen LogP contribution < -0.4 is 10.6 Å². The number of hydrogen-bond donors (Lipinski definition) is 2. The van der Waals surface area contributed by atoms with Gasteiger partial charge < -0.3 is 15.5 Å². The number of anilines is 1. The number of nitrogens with one attached hydrogen (secondary N) is 2. The summed E-state index contributed by atoms with van der Waals surface area (Å²) in [6.45, 7) is 7.63. The van der Waals surface area contributed by atoms with Gasteiger partial charge in [0.05, 0.1) is 0 Å². The smallest absolute Gasteiger partial charge is 0.318 e. The van der Waals surface area contributed by atoms with Crippen molar-refractivity contribution < 1.29 is 4.79 Å². The summed E-state index contributed by atoms with van der Waals surface area (Å²) >= 11 is 0. The van der Waals surface area contributed by atoms with Crippen LogP contribution in [0.5, 0.6) is 0 Å². The summed E-state index contributed by atoms with van der Waals surface area (Å²) in [4.78, 5) is 14.0. The number of nitrogens with zero attached hydrogens (tertiary/aromatic N) is 1. The van der Waals surface area contributed by atoms with E-state index >= 15 is 0 Å². The summed E-state index contributed by atoms with van der Waals surface area (Å²) in [6, 6.07) is 16.8. The van der Waals surface area contributed by atoms with Gasteiger partial charge in [-0.25, -0.2) is 4.79 Å². The number of unbranched alkanes of at least 4 members (excludes halogenated alkanes) is 1. The van der Waals surface area contributed by atoms with Crippen LogP contribution in [0.25, 0.3) is 0 Å². The first kappa shape index (κ1) is 21.0. The molecule has 2 aromatic rings. The number of amides is 2. The minimum absolute atomic E-state index is 0.185. The second-order valence-corrected chi connectivity index (χ2v) is 7.09. The van der Waals surface area contributed by atoms with Crippen LogP contribution in [0.1, 0.15) is 36.5 Å². The van der Waals surface area contributed by atoms with Crippen LogP contribution in [0.15, 0.2) is 48.5 Å². The Morgan fingerprint density at radius 1 is 0.963 bits per heavy atom. The molecule has 0 bridgehead atoms. The van der Waals surface area contributed by atoms with E-state index in [0.29, 0.717) is 0 Å². The van der Waals surface area contributed by atoms with E-state index in [1.165, 1.54) is 29.5 Å². The number of benzene rings is 2. The molecule has 0 radical (unpaired) electrons. The third-order valence-corrected chi connectivity index (χ3v) is 4.79. The van der Waals surface area contributed by atoms with E-state index in [2.05, 4.69) is 65.8 Å². The van der Waals surface area contributed by atoms with Crippen molar-refractivity contribution >= 4 is 11.7 Å². The van der Waals surface area contributed by atoms with Crippen LogP contribution in [0.2, 0.25) is 0 Å². The first-order valence-corrected chi connectivity index (χ1v) is 9.96. The topological polar surface area (TPSA) is 44.4 Å². The molecule has 146 valence electrons. The summed E-state index contributed by atoms with van der Waals surface area (Å²) < 4.78 is 0. The number of hydrogen-bond acceptors (Lipinski definition) is 2. The van der Waals surface area contributed by atoms with Gasteiger partial charge >= 0.3 is 6.03 Å². The zero-order valence-corrected chi connectivity index (χ0v) is 16.9. The fourth-order valence-electron chi connectivity index (χ4n) is 3.04. The molecule has 2 N–H and O–H groups in total. The van der Waals surface area contributed by atoms with E-state index in [1.807, 2.05) is 12.1 Å². The quantitative estimate of drug-likeness (QED) is 0.643. The number of carbonyl (C=O) groups is 1. The minimum atomic E-state index is -0.185. The molecule has 0 aliphatic carbocycles. The standard InChI is InChI=1S/C23H33N3O/c1-4-5-15-26(16-13-20-11-9-19(2)10-12-20)17-14-21-7-6-8-22(18-21)25-23(27)24-3/h6-12,18H,4-5,13-17H2,1-3H3,(H2,24,25,27). The highest BCUT2D eigenvalue weighted by Gasteiger charge is 2.07. The lowest BCUT2D eigenvalue weighted by atomic mass is 10.1. The molecule has 0 spiro atoms. The minimum Gasteiger partial charge on any atom is -0.341 e. The van der Waals surface area contributed by atoms with Crippen molar-refractivity contribution in [2.24, 2.45) is 0 Å². The predicted octanol–water partition coefficient (Wildman–Crippen LogP) is 4.63. The fraction of sp³-hybridized carbons (Fsp3) is 0.435. The first-order valence-electron chi connectivity index (χ1n) is 9.96. The van der Waals surface area contributed by atoms with E-state index in [-0.39, 0.29) is 6.03 Å². The molecule has 0 saturated carbocycles. The number of rotatable bonds is 10. The van der Waals surface area contributed by atoms with Crippen LogP contribution in [-0.4, -0.2) is 37.6 Å². The maximum atomic E-state index is 11.5. The van der Waals surface area contributed by atoms with Gasteiger partial charge in [-0.3, -0.25) is 0 Å². The second-order valence-electron chi connectivity index (χ2n) is 7.09. The summed E-state index contributed by atoms with van der Waals surface area (Å²) in [5, 5.41) is 5.43. The Morgan fingerprint density at radius 3 is 2.33 bits per heavy atom. The Hall–Kier alpha value is -2.33. The van der Waals surface area contributed by atoms with Gasteiger partial charge in [0.2, 0.25) is 0 Å². The third kappa shape index (κ3) is 7.83. The van der Waals surface area contributed by atoms with Crippen LogP contribution in [0.4, 0.5) is 10.5 Å². The molecule has 0 atom stereocenters. The van der Waals surface area contributed by atoms with Crippen molar-refractivity contribution in [3.63, 3.8) is 0 Å². The molecule has 0 fully saturated rings. The maximum absolute atomic E-state index is 11.5. The van der Waals surface area contributed by atoms with E-state index in [4.69, 9.17) is 0 Å². The van der Waals surface area contributed by atoms with E-state index in [9.17, 15) is 4.79 Å². The lowest BCUT2D eigenvalue weighted by Crippen LogP contribution is -2.29. The Morgan fingerprint density at radius 2 is 1.67 bits per heavy atom. The van der Waals surface area contributed by atoms with E-state index < -0.39 is 0 Å². The summed E-state index contributed by atoms with van der Waals surface area (Å²) in [5.41, 5.74) is 4.80. The number of aryl methyl sites for hydroxylation is 1. The molecule has 2 aromatic carbocycles. The monoisotopic (exact) mass is 367 g/mol. The average Bonchev–Trinajstić information content (AvgIpc) is 2.69. The molecule has 27 heavy (non-hydrogen) atoms. The van der Waals surface area contributed by atoms with Gasteiger partial charge in [-0.05, 0) is 56.0 Å². The third-order valence-electron chi connectivity index (χ3n) is 4.79. The van der Waals surface area contributed by atoms with Crippen LogP contribution in [0, 0.1) is 6.92 Å². The van der Waals surface area contributed by atoms with Crippen molar-refractivity contribution in [1.29, 1.82) is 0 Å². The van der Waals surface area contributed by atoms with Crippen LogP contribution >= 0.6 is 0 Å². The van der Waals surface area contributed by atoms with E-state index in [1.54, 1.807) is 7.05 Å². The van der Waals surface area contributed by atoms with Crippen molar-refractivity contribution in [3.8, 4) is 0 Å². The highest BCUT2D eigenvalue weighted by molar-refractivity contribution is 5.89. The molecule has 0 aliphatic rings. The summed E-state index contributed by atoms with van der Waals surface area (Å²) in [7, 11) is 1.62. The van der Waals surface area contributed by atoms with Gasteiger partial charge in [-0.15, -0.1) is 0 Å². The van der Waals surface area contributed by atoms with Gasteiger partial charge in [0.15, 0.2) is 0 Å². The normalized spacial score (nSPS) is 10.8. The first-order chi connectivity index (χ1) is 13.1. The van der Waals surface area contributed by atoms with Crippen molar-refractivity contribution in [3.05, 3.63) is 65.2 Å². The summed E-state index contributed by atoms with van der Waals surface area (Å²) in [5.74, 6) is 0. The lowest BCUT2D eigenvalue weighted by molar-refractivity contribution is 0.254. The zero-order valence-electron chi connectivity index (χ0n) is 16.9. The molecule has 4 heteroatoms. The molecule has 0 saturated heterocycles. The van der Waals surface area contributed by atoms with Crippen molar-refractivity contribution in [2.75, 3.05) is 32.0 Å². The van der Waals surface area contributed by atoms with Crippen molar-refractivity contribution in [2.45, 2.75) is 39.5 Å². The molecule has 2 rings (SSSR count). The molecule has 2 amide bonds. The Balaban J connectivity index is 1.90. The van der Waals surface area contributed by atoms with Gasteiger partial charge in [0, 0.05) is 25.8 Å². The molecule has 4 nitrogen and oxygen atoms in total. The van der Waals surface area contributed by atoms with Gasteiger partial charge in [-0.1, -0.05) is 55.3 Å². The zero-order chi connectivity index (χ0) is 19.5. The van der Waals surface area contributed by atoms with E-state index in [0.717, 1.165) is 38.2 Å². The van der Waals surface area contributed by atoms with Gasteiger partial charge in [0.1, 0.15) is 0 Å². The average molecular weight is 368 g/mol. The highest BCUT2D eigenvalue weighted by atomic mass is 16.2.